The first-order chi connectivity index (χ1) is 14.7. The second-order valence-electron chi connectivity index (χ2n) is 6.64. The largest absolute Gasteiger partial charge is 0.504 e. The molecule has 0 spiro atoms. The minimum Gasteiger partial charge on any atom is -0.504 e. The van der Waals surface area contributed by atoms with E-state index in [1.807, 2.05) is 39.0 Å². The predicted molar refractivity (Wildman–Crippen MR) is 118 cm³/mol. The molecule has 1 heterocycles. The number of para-hydroxylation sites is 1. The van der Waals surface area contributed by atoms with Crippen molar-refractivity contribution in [2.75, 3.05) is 51.0 Å². The Bertz CT molecular complexity index is 863. The third-order valence-electron chi connectivity index (χ3n) is 4.66. The number of rotatable bonds is 9. The summed E-state index contributed by atoms with van der Waals surface area (Å²) in [7, 11) is 0. The summed E-state index contributed by atoms with van der Waals surface area (Å²) in [6.07, 6.45) is 1.61. The van der Waals surface area contributed by atoms with Crippen molar-refractivity contribution in [1.82, 2.24) is 0 Å². The molecule has 3 rings (SSSR count). The van der Waals surface area contributed by atoms with Crippen molar-refractivity contribution < 1.29 is 24.1 Å². The van der Waals surface area contributed by atoms with Crippen molar-refractivity contribution in [3.05, 3.63) is 35.9 Å². The second kappa shape index (κ2) is 10.7. The van der Waals surface area contributed by atoms with Gasteiger partial charge in [-0.05, 0) is 32.9 Å². The molecule has 0 amide bonds. The van der Waals surface area contributed by atoms with Gasteiger partial charge in [-0.1, -0.05) is 6.07 Å². The molecule has 1 aliphatic rings. The number of anilines is 1. The molecule has 30 heavy (non-hydrogen) atoms. The van der Waals surface area contributed by atoms with E-state index in [9.17, 15) is 5.11 Å². The summed E-state index contributed by atoms with van der Waals surface area (Å²) >= 11 is 0. The number of hydrogen-bond donors (Lipinski definition) is 1. The van der Waals surface area contributed by atoms with Crippen LogP contribution in [0.2, 0.25) is 0 Å². The van der Waals surface area contributed by atoms with Crippen LogP contribution in [0.15, 0.2) is 35.3 Å². The standard InChI is InChI=1S/C23H30N2O5/c1-4-28-20-9-7-8-17(23(20)26)16-24-18-14-22(30-6-3)19(15-21(18)29-5-2)25-10-12-27-13-11-25/h7-9,14-16,26H,4-6,10-13H2,1-3H3. The number of benzene rings is 2. The van der Waals surface area contributed by atoms with Gasteiger partial charge in [-0.15, -0.1) is 0 Å². The van der Waals surface area contributed by atoms with E-state index in [0.717, 1.165) is 24.5 Å². The van der Waals surface area contributed by atoms with Gasteiger partial charge in [-0.3, -0.25) is 4.99 Å². The number of nitrogens with zero attached hydrogens (tertiary/aromatic N) is 2. The molecule has 0 bridgehead atoms. The van der Waals surface area contributed by atoms with Gasteiger partial charge in [0.2, 0.25) is 0 Å². The zero-order chi connectivity index (χ0) is 21.3. The zero-order valence-electron chi connectivity index (χ0n) is 17.9. The molecule has 7 nitrogen and oxygen atoms in total. The molecule has 1 saturated heterocycles. The van der Waals surface area contributed by atoms with Gasteiger partial charge < -0.3 is 29.0 Å². The fourth-order valence-electron chi connectivity index (χ4n) is 3.29. The molecular weight excluding hydrogens is 384 g/mol. The van der Waals surface area contributed by atoms with Crippen LogP contribution in [0.1, 0.15) is 26.3 Å². The lowest BCUT2D eigenvalue weighted by molar-refractivity contribution is 0.122. The molecule has 0 atom stereocenters. The van der Waals surface area contributed by atoms with Crippen molar-refractivity contribution in [2.45, 2.75) is 20.8 Å². The Labute approximate surface area is 177 Å². The molecule has 0 aliphatic carbocycles. The van der Waals surface area contributed by atoms with Crippen molar-refractivity contribution in [3.63, 3.8) is 0 Å². The molecule has 162 valence electrons. The molecule has 1 N–H and O–H groups in total. The Morgan fingerprint density at radius 3 is 2.33 bits per heavy atom. The Kier molecular flexibility index (Phi) is 7.79. The molecule has 1 aliphatic heterocycles. The minimum absolute atomic E-state index is 0.0658. The van der Waals surface area contributed by atoms with Crippen LogP contribution in [-0.2, 0) is 4.74 Å². The maximum absolute atomic E-state index is 10.4. The molecule has 7 heteroatoms. The van der Waals surface area contributed by atoms with E-state index in [1.165, 1.54) is 0 Å². The third-order valence-corrected chi connectivity index (χ3v) is 4.66. The van der Waals surface area contributed by atoms with Gasteiger partial charge in [0, 0.05) is 37.0 Å². The van der Waals surface area contributed by atoms with Crippen LogP contribution in [0.25, 0.3) is 0 Å². The average molecular weight is 415 g/mol. The lowest BCUT2D eigenvalue weighted by Crippen LogP contribution is -2.36. The molecule has 2 aromatic rings. The molecule has 0 unspecified atom stereocenters. The lowest BCUT2D eigenvalue weighted by atomic mass is 10.2. The number of ether oxygens (including phenoxy) is 4. The lowest BCUT2D eigenvalue weighted by Gasteiger charge is -2.30. The van der Waals surface area contributed by atoms with Crippen molar-refractivity contribution in [3.8, 4) is 23.0 Å². The van der Waals surface area contributed by atoms with Gasteiger partial charge in [0.05, 0.1) is 38.7 Å². The summed E-state index contributed by atoms with van der Waals surface area (Å²) in [6.45, 7) is 10.3. The fourth-order valence-corrected chi connectivity index (χ4v) is 3.29. The molecule has 0 radical (unpaired) electrons. The van der Waals surface area contributed by atoms with E-state index in [-0.39, 0.29) is 5.75 Å². The highest BCUT2D eigenvalue weighted by molar-refractivity contribution is 5.87. The number of morpholine rings is 1. The van der Waals surface area contributed by atoms with Crippen LogP contribution in [0.4, 0.5) is 11.4 Å². The van der Waals surface area contributed by atoms with Gasteiger partial charge in [0.15, 0.2) is 11.5 Å². The zero-order valence-corrected chi connectivity index (χ0v) is 17.9. The topological polar surface area (TPSA) is 72.8 Å². The van der Waals surface area contributed by atoms with Crippen molar-refractivity contribution >= 4 is 17.6 Å². The molecular formula is C23H30N2O5. The average Bonchev–Trinajstić information content (AvgIpc) is 2.76. The number of aromatic hydroxyl groups is 1. The third kappa shape index (κ3) is 5.16. The maximum atomic E-state index is 10.4. The molecule has 0 aromatic heterocycles. The Hall–Kier alpha value is -2.93. The van der Waals surface area contributed by atoms with Crippen LogP contribution in [0.3, 0.4) is 0 Å². The normalized spacial score (nSPS) is 14.2. The van der Waals surface area contributed by atoms with E-state index in [2.05, 4.69) is 9.89 Å². The van der Waals surface area contributed by atoms with Crippen LogP contribution in [0.5, 0.6) is 23.0 Å². The van der Waals surface area contributed by atoms with Crippen LogP contribution >= 0.6 is 0 Å². The van der Waals surface area contributed by atoms with Crippen LogP contribution in [-0.4, -0.2) is 57.4 Å². The molecule has 2 aromatic carbocycles. The number of phenolic OH excluding ortho intramolecular Hbond substituents is 1. The first-order valence-electron chi connectivity index (χ1n) is 10.4. The fraction of sp³-hybridized carbons (Fsp3) is 0.435. The Morgan fingerprint density at radius 2 is 1.63 bits per heavy atom. The van der Waals surface area contributed by atoms with Gasteiger partial charge in [-0.2, -0.15) is 0 Å². The maximum Gasteiger partial charge on any atom is 0.166 e. The smallest absolute Gasteiger partial charge is 0.166 e. The highest BCUT2D eigenvalue weighted by atomic mass is 16.5. The Morgan fingerprint density at radius 1 is 0.967 bits per heavy atom. The quantitative estimate of drug-likeness (QED) is 0.621. The SMILES string of the molecule is CCOc1cc(N2CCOCC2)c(OCC)cc1N=Cc1cccc(OCC)c1O. The van der Waals surface area contributed by atoms with Gasteiger partial charge >= 0.3 is 0 Å². The van der Waals surface area contributed by atoms with Crippen LogP contribution in [0, 0.1) is 0 Å². The van der Waals surface area contributed by atoms with Gasteiger partial charge in [0.25, 0.3) is 0 Å². The summed E-state index contributed by atoms with van der Waals surface area (Å²) in [5.41, 5.74) is 2.18. The number of hydrogen-bond acceptors (Lipinski definition) is 7. The van der Waals surface area contributed by atoms with Crippen LogP contribution < -0.4 is 19.1 Å². The minimum atomic E-state index is 0.0658. The molecule has 1 fully saturated rings. The molecule has 0 saturated carbocycles. The highest BCUT2D eigenvalue weighted by Crippen LogP contribution is 2.41. The predicted octanol–water partition coefficient (Wildman–Crippen LogP) is 4.18. The van der Waals surface area contributed by atoms with Crippen molar-refractivity contribution in [2.24, 2.45) is 4.99 Å². The summed E-state index contributed by atoms with van der Waals surface area (Å²) < 4.78 is 22.7. The summed E-state index contributed by atoms with van der Waals surface area (Å²) in [6, 6.07) is 9.20. The second-order valence-corrected chi connectivity index (χ2v) is 6.64. The summed E-state index contributed by atoms with van der Waals surface area (Å²) in [5, 5.41) is 10.4. The van der Waals surface area contributed by atoms with Gasteiger partial charge in [0.1, 0.15) is 17.2 Å². The first-order valence-corrected chi connectivity index (χ1v) is 10.4. The van der Waals surface area contributed by atoms with Gasteiger partial charge in [-0.25, -0.2) is 0 Å². The van der Waals surface area contributed by atoms with E-state index < -0.39 is 0 Å². The van der Waals surface area contributed by atoms with Crippen molar-refractivity contribution in [1.29, 1.82) is 0 Å². The highest BCUT2D eigenvalue weighted by Gasteiger charge is 2.19. The van der Waals surface area contributed by atoms with E-state index in [0.29, 0.717) is 55.8 Å². The number of phenols is 1. The van der Waals surface area contributed by atoms with E-state index in [1.54, 1.807) is 18.3 Å². The summed E-state index contributed by atoms with van der Waals surface area (Å²) in [4.78, 5) is 6.84. The first kappa shape index (κ1) is 21.8. The summed E-state index contributed by atoms with van der Waals surface area (Å²) in [5.74, 6) is 1.92. The van der Waals surface area contributed by atoms with E-state index in [4.69, 9.17) is 18.9 Å². The Balaban J connectivity index is 1.98. The van der Waals surface area contributed by atoms with E-state index >= 15 is 0 Å². The number of aliphatic imine (C=N–C) groups is 1. The monoisotopic (exact) mass is 414 g/mol.